The molecule has 0 bridgehead atoms. The fraction of sp³-hybridized carbons (Fsp3) is 0.364. The maximum atomic E-state index is 12.2. The summed E-state index contributed by atoms with van der Waals surface area (Å²) in [6.45, 7) is 1.93. The van der Waals surface area contributed by atoms with Gasteiger partial charge in [-0.1, -0.05) is 18.5 Å². The average molecular weight is 301 g/mol. The Hall–Kier alpha value is -1.47. The molecule has 0 radical (unpaired) electrons. The molecule has 8 heteroatoms. The SMILES string of the molecule is CCc1nnc(CS(=O)(=O)c2ncccc2Cl)n1C. The molecule has 0 spiro atoms. The molecule has 2 heterocycles. The molecule has 0 aliphatic rings. The van der Waals surface area contributed by atoms with Crippen molar-refractivity contribution in [3.8, 4) is 0 Å². The summed E-state index contributed by atoms with van der Waals surface area (Å²) in [5, 5.41) is 7.80. The third-order valence-electron chi connectivity index (χ3n) is 2.71. The number of nitrogens with zero attached hydrogens (tertiary/aromatic N) is 4. The fourth-order valence-corrected chi connectivity index (χ4v) is 3.46. The van der Waals surface area contributed by atoms with Crippen LogP contribution in [0, 0.1) is 0 Å². The molecule has 6 nitrogen and oxygen atoms in total. The number of rotatable bonds is 4. The summed E-state index contributed by atoms with van der Waals surface area (Å²) >= 11 is 5.86. The summed E-state index contributed by atoms with van der Waals surface area (Å²) in [6, 6.07) is 3.08. The summed E-state index contributed by atoms with van der Waals surface area (Å²) in [4.78, 5) is 3.83. The van der Waals surface area contributed by atoms with Crippen molar-refractivity contribution in [1.29, 1.82) is 0 Å². The highest BCUT2D eigenvalue weighted by Gasteiger charge is 2.23. The van der Waals surface area contributed by atoms with E-state index in [9.17, 15) is 8.42 Å². The van der Waals surface area contributed by atoms with Gasteiger partial charge < -0.3 is 4.57 Å². The van der Waals surface area contributed by atoms with E-state index < -0.39 is 9.84 Å². The van der Waals surface area contributed by atoms with E-state index in [2.05, 4.69) is 15.2 Å². The van der Waals surface area contributed by atoms with Gasteiger partial charge in [-0.05, 0) is 12.1 Å². The highest BCUT2D eigenvalue weighted by atomic mass is 35.5. The van der Waals surface area contributed by atoms with Crippen LogP contribution in [-0.4, -0.2) is 28.2 Å². The van der Waals surface area contributed by atoms with Gasteiger partial charge in [0.2, 0.25) is 9.84 Å². The van der Waals surface area contributed by atoms with Crippen molar-refractivity contribution in [3.63, 3.8) is 0 Å². The molecule has 19 heavy (non-hydrogen) atoms. The second-order valence-corrected chi connectivity index (χ2v) is 6.31. The lowest BCUT2D eigenvalue weighted by atomic mass is 10.4. The van der Waals surface area contributed by atoms with Crippen LogP contribution in [0.1, 0.15) is 18.6 Å². The predicted molar refractivity (Wildman–Crippen MR) is 70.5 cm³/mol. The molecule has 0 fully saturated rings. The first-order chi connectivity index (χ1) is 8.95. The minimum atomic E-state index is -3.63. The zero-order chi connectivity index (χ0) is 14.0. The Morgan fingerprint density at radius 1 is 1.32 bits per heavy atom. The van der Waals surface area contributed by atoms with Gasteiger partial charge in [0.25, 0.3) is 0 Å². The Balaban J connectivity index is 2.37. The van der Waals surface area contributed by atoms with E-state index in [4.69, 9.17) is 11.6 Å². The van der Waals surface area contributed by atoms with Gasteiger partial charge in [-0.25, -0.2) is 13.4 Å². The van der Waals surface area contributed by atoms with Gasteiger partial charge in [-0.3, -0.25) is 0 Å². The van der Waals surface area contributed by atoms with Gasteiger partial charge in [0.05, 0.1) is 5.02 Å². The van der Waals surface area contributed by atoms with Crippen LogP contribution in [0.2, 0.25) is 5.02 Å². The van der Waals surface area contributed by atoms with Crippen LogP contribution < -0.4 is 0 Å². The monoisotopic (exact) mass is 300 g/mol. The Morgan fingerprint density at radius 2 is 2.00 bits per heavy atom. The lowest BCUT2D eigenvalue weighted by Gasteiger charge is -2.05. The van der Waals surface area contributed by atoms with Crippen molar-refractivity contribution in [3.05, 3.63) is 35.0 Å². The van der Waals surface area contributed by atoms with Crippen molar-refractivity contribution in [2.75, 3.05) is 0 Å². The molecule has 0 saturated heterocycles. The summed E-state index contributed by atoms with van der Waals surface area (Å²) in [6.07, 6.45) is 2.08. The van der Waals surface area contributed by atoms with Crippen LogP contribution in [0.15, 0.2) is 23.4 Å². The number of aromatic nitrogens is 4. The number of hydrogen-bond donors (Lipinski definition) is 0. The summed E-state index contributed by atoms with van der Waals surface area (Å²) in [7, 11) is -1.89. The molecular formula is C11H13ClN4O2S. The molecule has 2 aromatic heterocycles. The Morgan fingerprint density at radius 3 is 2.58 bits per heavy atom. The molecule has 0 aliphatic carbocycles. The number of sulfone groups is 1. The lowest BCUT2D eigenvalue weighted by Crippen LogP contribution is -2.12. The zero-order valence-corrected chi connectivity index (χ0v) is 12.1. The van der Waals surface area contributed by atoms with E-state index in [1.165, 1.54) is 12.3 Å². The minimum absolute atomic E-state index is 0.111. The molecule has 0 aliphatic heterocycles. The molecule has 0 atom stereocenters. The molecule has 2 rings (SSSR count). The fourth-order valence-electron chi connectivity index (χ4n) is 1.67. The normalized spacial score (nSPS) is 11.7. The van der Waals surface area contributed by atoms with Crippen LogP contribution in [0.25, 0.3) is 0 Å². The first kappa shape index (κ1) is 14.0. The minimum Gasteiger partial charge on any atom is -0.317 e. The van der Waals surface area contributed by atoms with E-state index >= 15 is 0 Å². The summed E-state index contributed by atoms with van der Waals surface area (Å²) in [5.41, 5.74) is 0. The number of aryl methyl sites for hydroxylation is 1. The highest BCUT2D eigenvalue weighted by molar-refractivity contribution is 7.90. The second kappa shape index (κ2) is 5.26. The van der Waals surface area contributed by atoms with Gasteiger partial charge in [0.15, 0.2) is 5.03 Å². The van der Waals surface area contributed by atoms with Crippen molar-refractivity contribution in [2.24, 2.45) is 7.05 Å². The van der Waals surface area contributed by atoms with E-state index in [0.717, 1.165) is 5.82 Å². The number of hydrogen-bond acceptors (Lipinski definition) is 5. The maximum absolute atomic E-state index is 12.2. The topological polar surface area (TPSA) is 77.7 Å². The second-order valence-electron chi connectivity index (χ2n) is 3.99. The molecule has 0 N–H and O–H groups in total. The van der Waals surface area contributed by atoms with Gasteiger partial charge in [-0.2, -0.15) is 0 Å². The van der Waals surface area contributed by atoms with Crippen LogP contribution in [0.3, 0.4) is 0 Å². The quantitative estimate of drug-likeness (QED) is 0.853. The van der Waals surface area contributed by atoms with E-state index in [-0.39, 0.29) is 15.8 Å². The van der Waals surface area contributed by atoms with Gasteiger partial charge in [0.1, 0.15) is 17.4 Å². The van der Waals surface area contributed by atoms with E-state index in [0.29, 0.717) is 12.2 Å². The van der Waals surface area contributed by atoms with Crippen molar-refractivity contribution >= 4 is 21.4 Å². The predicted octanol–water partition coefficient (Wildman–Crippen LogP) is 1.40. The summed E-state index contributed by atoms with van der Waals surface area (Å²) in [5.74, 6) is 0.837. The molecule has 102 valence electrons. The third kappa shape index (κ3) is 2.76. The van der Waals surface area contributed by atoms with Crippen molar-refractivity contribution in [2.45, 2.75) is 24.1 Å². The summed E-state index contributed by atoms with van der Waals surface area (Å²) < 4.78 is 26.2. The largest absolute Gasteiger partial charge is 0.317 e. The molecule has 0 unspecified atom stereocenters. The molecular weight excluding hydrogens is 288 g/mol. The molecule has 0 aromatic carbocycles. The standard InChI is InChI=1S/C11H13ClN4O2S/c1-3-9-14-15-10(16(9)2)7-19(17,18)11-8(12)5-4-6-13-11/h4-6H,3,7H2,1-2H3. The van der Waals surface area contributed by atoms with E-state index in [1.807, 2.05) is 6.92 Å². The third-order valence-corrected chi connectivity index (χ3v) is 4.68. The highest BCUT2D eigenvalue weighted by Crippen LogP contribution is 2.21. The van der Waals surface area contributed by atoms with Gasteiger partial charge in [0, 0.05) is 19.7 Å². The lowest BCUT2D eigenvalue weighted by molar-refractivity contribution is 0.588. The average Bonchev–Trinajstić information content (AvgIpc) is 2.70. The Labute approximate surface area is 116 Å². The molecule has 0 saturated carbocycles. The molecule has 0 amide bonds. The van der Waals surface area contributed by atoms with Gasteiger partial charge in [-0.15, -0.1) is 10.2 Å². The van der Waals surface area contributed by atoms with Crippen LogP contribution in [0.4, 0.5) is 0 Å². The van der Waals surface area contributed by atoms with Crippen LogP contribution in [0.5, 0.6) is 0 Å². The van der Waals surface area contributed by atoms with E-state index in [1.54, 1.807) is 17.7 Å². The Kier molecular flexibility index (Phi) is 3.86. The first-order valence-electron chi connectivity index (χ1n) is 5.66. The number of pyridine rings is 1. The smallest absolute Gasteiger partial charge is 0.204 e. The van der Waals surface area contributed by atoms with Crippen molar-refractivity contribution in [1.82, 2.24) is 19.7 Å². The van der Waals surface area contributed by atoms with Crippen LogP contribution >= 0.6 is 11.6 Å². The number of halogens is 1. The van der Waals surface area contributed by atoms with Crippen LogP contribution in [-0.2, 0) is 29.1 Å². The maximum Gasteiger partial charge on any atom is 0.204 e. The first-order valence-corrected chi connectivity index (χ1v) is 7.69. The molecule has 2 aromatic rings. The zero-order valence-electron chi connectivity index (χ0n) is 10.5. The van der Waals surface area contributed by atoms with Crippen molar-refractivity contribution < 1.29 is 8.42 Å². The van der Waals surface area contributed by atoms with Gasteiger partial charge >= 0.3 is 0 Å². The Bertz CT molecular complexity index is 696.